The number of carbonyl (C=O) groups is 1. The Balaban J connectivity index is 1.18. The van der Waals surface area contributed by atoms with E-state index in [2.05, 4.69) is 25.4 Å². The Morgan fingerprint density at radius 2 is 1.88 bits per heavy atom. The van der Waals surface area contributed by atoms with Crippen molar-refractivity contribution in [3.05, 3.63) is 45.6 Å². The number of rotatable bonds is 5. The molecule has 222 valence electrons. The lowest BCUT2D eigenvalue weighted by Crippen LogP contribution is -2.60. The normalized spacial score (nSPS) is 21.7. The molecule has 1 saturated carbocycles. The van der Waals surface area contributed by atoms with Gasteiger partial charge in [0.05, 0.1) is 11.6 Å². The van der Waals surface area contributed by atoms with E-state index in [-0.39, 0.29) is 40.8 Å². The van der Waals surface area contributed by atoms with Crippen molar-refractivity contribution in [3.63, 3.8) is 0 Å². The molecule has 0 spiro atoms. The van der Waals surface area contributed by atoms with E-state index in [0.29, 0.717) is 46.4 Å². The number of aryl methyl sites for hydroxylation is 1. The number of halogens is 1. The first-order valence-corrected chi connectivity index (χ1v) is 15.3. The average molecular weight is 576 g/mol. The van der Waals surface area contributed by atoms with Crippen LogP contribution >= 0.6 is 0 Å². The zero-order valence-corrected chi connectivity index (χ0v) is 24.3. The maximum absolute atomic E-state index is 15.7. The number of piperazine rings is 1. The Morgan fingerprint density at radius 3 is 2.64 bits per heavy atom. The number of fused-ring (bicyclic) bond motifs is 4. The van der Waals surface area contributed by atoms with Gasteiger partial charge < -0.3 is 20.3 Å². The van der Waals surface area contributed by atoms with Crippen LogP contribution in [0.25, 0.3) is 11.0 Å². The number of carbonyl (C=O) groups excluding carboxylic acids is 1. The number of hydrogen-bond acceptors (Lipinski definition) is 9. The van der Waals surface area contributed by atoms with Gasteiger partial charge in [0.15, 0.2) is 11.6 Å². The highest BCUT2D eigenvalue weighted by molar-refractivity contribution is 5.99. The van der Waals surface area contributed by atoms with Crippen LogP contribution in [0.1, 0.15) is 67.4 Å². The molecule has 0 unspecified atom stereocenters. The second-order valence-electron chi connectivity index (χ2n) is 12.2. The maximum atomic E-state index is 15.7. The topological polar surface area (TPSA) is 105 Å². The number of Topliss-reactive ketones (excluding diaryl/α,β-unsaturated/α-hetero) is 1. The molecule has 2 saturated heterocycles. The van der Waals surface area contributed by atoms with Crippen molar-refractivity contribution in [2.24, 2.45) is 0 Å². The van der Waals surface area contributed by atoms with E-state index < -0.39 is 0 Å². The third-order valence-corrected chi connectivity index (χ3v) is 9.59. The van der Waals surface area contributed by atoms with Gasteiger partial charge in [-0.3, -0.25) is 19.1 Å². The molecule has 5 heterocycles. The molecule has 1 aromatic carbocycles. The number of anilines is 3. The summed E-state index contributed by atoms with van der Waals surface area (Å²) in [5.74, 6) is 0.162. The molecular weight excluding hydrogens is 537 g/mol. The third kappa shape index (κ3) is 4.72. The molecule has 42 heavy (non-hydrogen) atoms. The van der Waals surface area contributed by atoms with Crippen molar-refractivity contribution in [1.29, 1.82) is 0 Å². The standard InChI is InChI=1S/C31H38FN7O3/c1-18-24-15-34-31(36-29(24)39(22-5-3-4-6-22)30(41)27(18)19(2)40)35-20-13-25(32)28-26(14-20)42-17-23-16-37(11-12-38(23)28)21-7-9-33-10-8-21/h13-15,21-23,33H,3-12,16-17H2,1-2H3,(H,34,35,36)/t23-/m0/s1. The van der Waals surface area contributed by atoms with E-state index in [1.54, 1.807) is 23.8 Å². The molecule has 0 amide bonds. The third-order valence-electron chi connectivity index (χ3n) is 9.59. The highest BCUT2D eigenvalue weighted by Gasteiger charge is 2.37. The summed E-state index contributed by atoms with van der Waals surface area (Å²) in [6, 6.07) is 3.95. The molecule has 7 rings (SSSR count). The van der Waals surface area contributed by atoms with Crippen molar-refractivity contribution in [1.82, 2.24) is 24.8 Å². The minimum Gasteiger partial charge on any atom is -0.489 e. The van der Waals surface area contributed by atoms with Crippen molar-refractivity contribution in [2.45, 2.75) is 70.5 Å². The number of piperidine rings is 1. The van der Waals surface area contributed by atoms with Crippen LogP contribution in [0.3, 0.4) is 0 Å². The predicted octanol–water partition coefficient (Wildman–Crippen LogP) is 3.94. The number of ketones is 1. The first kappa shape index (κ1) is 27.3. The molecule has 0 radical (unpaired) electrons. The van der Waals surface area contributed by atoms with E-state index in [1.165, 1.54) is 13.0 Å². The van der Waals surface area contributed by atoms with Crippen LogP contribution in [0.5, 0.6) is 5.75 Å². The Labute approximate surface area is 244 Å². The van der Waals surface area contributed by atoms with Crippen LogP contribution < -0.4 is 25.8 Å². The van der Waals surface area contributed by atoms with Crippen LogP contribution in [-0.4, -0.2) is 76.6 Å². The number of hydrogen-bond donors (Lipinski definition) is 2. The van der Waals surface area contributed by atoms with Crippen LogP contribution in [-0.2, 0) is 0 Å². The van der Waals surface area contributed by atoms with Crippen molar-refractivity contribution >= 4 is 34.1 Å². The minimum atomic E-state index is -0.347. The van der Waals surface area contributed by atoms with Gasteiger partial charge in [-0.2, -0.15) is 4.98 Å². The molecule has 3 fully saturated rings. The van der Waals surface area contributed by atoms with Crippen molar-refractivity contribution in [2.75, 3.05) is 49.5 Å². The molecular formula is C31H38FN7O3. The highest BCUT2D eigenvalue weighted by atomic mass is 19.1. The summed E-state index contributed by atoms with van der Waals surface area (Å²) in [6.45, 7) is 8.37. The lowest BCUT2D eigenvalue weighted by molar-refractivity contribution is 0.101. The molecule has 2 N–H and O–H groups in total. The molecule has 4 aliphatic rings. The van der Waals surface area contributed by atoms with E-state index in [4.69, 9.17) is 9.72 Å². The summed E-state index contributed by atoms with van der Waals surface area (Å²) >= 11 is 0. The molecule has 11 heteroatoms. The molecule has 3 aliphatic heterocycles. The largest absolute Gasteiger partial charge is 0.489 e. The van der Waals surface area contributed by atoms with Crippen molar-refractivity contribution < 1.29 is 13.9 Å². The first-order valence-electron chi connectivity index (χ1n) is 15.3. The maximum Gasteiger partial charge on any atom is 0.263 e. The molecule has 0 bridgehead atoms. The van der Waals surface area contributed by atoms with Crippen LogP contribution in [0, 0.1) is 12.7 Å². The van der Waals surface area contributed by atoms with Gasteiger partial charge in [-0.1, -0.05) is 12.8 Å². The number of ether oxygens (including phenoxy) is 1. The second-order valence-corrected chi connectivity index (χ2v) is 12.2. The minimum absolute atomic E-state index is 0.0146. The number of benzene rings is 1. The Hall–Kier alpha value is -3.57. The van der Waals surface area contributed by atoms with E-state index >= 15 is 4.39 Å². The number of nitrogens with zero attached hydrogens (tertiary/aromatic N) is 5. The molecule has 1 atom stereocenters. The summed E-state index contributed by atoms with van der Waals surface area (Å²) in [5.41, 5.74) is 1.98. The summed E-state index contributed by atoms with van der Waals surface area (Å²) < 4.78 is 23.5. The van der Waals surface area contributed by atoms with Gasteiger partial charge in [0.25, 0.3) is 5.56 Å². The van der Waals surface area contributed by atoms with Crippen LogP contribution in [0.15, 0.2) is 23.1 Å². The highest BCUT2D eigenvalue weighted by Crippen LogP contribution is 2.41. The summed E-state index contributed by atoms with van der Waals surface area (Å²) in [4.78, 5) is 39.9. The molecule has 10 nitrogen and oxygen atoms in total. The molecule has 3 aromatic rings. The predicted molar refractivity (Wildman–Crippen MR) is 160 cm³/mol. The van der Waals surface area contributed by atoms with Gasteiger partial charge in [0.2, 0.25) is 5.95 Å². The van der Waals surface area contributed by atoms with Gasteiger partial charge in [-0.25, -0.2) is 9.37 Å². The van der Waals surface area contributed by atoms with Gasteiger partial charge >= 0.3 is 0 Å². The smallest absolute Gasteiger partial charge is 0.263 e. The zero-order valence-electron chi connectivity index (χ0n) is 24.3. The average Bonchev–Trinajstić information content (AvgIpc) is 3.51. The number of aromatic nitrogens is 3. The van der Waals surface area contributed by atoms with Crippen LogP contribution in [0.4, 0.5) is 21.7 Å². The quantitative estimate of drug-likeness (QED) is 0.438. The fourth-order valence-corrected chi connectivity index (χ4v) is 7.48. The second kappa shape index (κ2) is 10.9. The van der Waals surface area contributed by atoms with Gasteiger partial charge in [-0.05, 0) is 64.3 Å². The molecule has 1 aliphatic carbocycles. The SMILES string of the molecule is CC(=O)c1c(C)c2cnc(Nc3cc(F)c4c(c3)OC[C@@H]3CN(C5CCNCC5)CCN43)nc2n(C2CCCC2)c1=O. The number of pyridine rings is 1. The van der Waals surface area contributed by atoms with Crippen LogP contribution in [0.2, 0.25) is 0 Å². The first-order chi connectivity index (χ1) is 20.4. The van der Waals surface area contributed by atoms with E-state index in [0.717, 1.165) is 71.2 Å². The van der Waals surface area contributed by atoms with E-state index in [9.17, 15) is 9.59 Å². The Morgan fingerprint density at radius 1 is 1.10 bits per heavy atom. The van der Waals surface area contributed by atoms with E-state index in [1.807, 2.05) is 0 Å². The van der Waals surface area contributed by atoms with Crippen molar-refractivity contribution in [3.8, 4) is 5.75 Å². The molecule has 2 aromatic heterocycles. The lowest BCUT2D eigenvalue weighted by Gasteiger charge is -2.48. The summed E-state index contributed by atoms with van der Waals surface area (Å²) in [5, 5.41) is 7.25. The monoisotopic (exact) mass is 575 g/mol. The van der Waals surface area contributed by atoms with Gasteiger partial charge in [0.1, 0.15) is 23.7 Å². The summed E-state index contributed by atoms with van der Waals surface area (Å²) in [7, 11) is 0. The Kier molecular flexibility index (Phi) is 7.09. The summed E-state index contributed by atoms with van der Waals surface area (Å²) in [6.07, 6.45) is 7.73. The fourth-order valence-electron chi connectivity index (χ4n) is 7.48. The zero-order chi connectivity index (χ0) is 29.0. The Bertz CT molecular complexity index is 1600. The van der Waals surface area contributed by atoms with Gasteiger partial charge in [0, 0.05) is 55.1 Å². The fraction of sp³-hybridized carbons (Fsp3) is 0.548. The lowest BCUT2D eigenvalue weighted by atomic mass is 10.0. The number of nitrogens with one attached hydrogen (secondary N) is 2. The van der Waals surface area contributed by atoms with Gasteiger partial charge in [-0.15, -0.1) is 0 Å².